The van der Waals surface area contributed by atoms with E-state index in [0.29, 0.717) is 0 Å². The maximum atomic E-state index is 4.39. The SMILES string of the molecule is Brc1c(Br)c2ncccc2c2cccnc12. The van der Waals surface area contributed by atoms with Crippen LogP contribution in [0.1, 0.15) is 0 Å². The van der Waals surface area contributed by atoms with E-state index in [4.69, 9.17) is 0 Å². The Morgan fingerprint density at radius 3 is 1.62 bits per heavy atom. The molecule has 2 aromatic heterocycles. The largest absolute Gasteiger partial charge is 0.255 e. The lowest BCUT2D eigenvalue weighted by atomic mass is 10.1. The fourth-order valence-corrected chi connectivity index (χ4v) is 2.81. The third-order valence-electron chi connectivity index (χ3n) is 2.51. The zero-order chi connectivity index (χ0) is 11.1. The Kier molecular flexibility index (Phi) is 2.41. The molecule has 0 aliphatic heterocycles. The number of rotatable bonds is 0. The molecule has 0 fully saturated rings. The second-order valence-corrected chi connectivity index (χ2v) is 5.01. The van der Waals surface area contributed by atoms with E-state index in [1.807, 2.05) is 12.1 Å². The Bertz CT molecular complexity index is 634. The third-order valence-corrected chi connectivity index (χ3v) is 4.59. The molecule has 0 amide bonds. The molecule has 0 aliphatic carbocycles. The molecular weight excluding hydrogens is 332 g/mol. The molecule has 1 aromatic carbocycles. The summed E-state index contributed by atoms with van der Waals surface area (Å²) in [7, 11) is 0. The molecule has 0 atom stereocenters. The van der Waals surface area contributed by atoms with Crippen molar-refractivity contribution in [1.82, 2.24) is 9.97 Å². The number of halogens is 2. The van der Waals surface area contributed by atoms with Gasteiger partial charge in [-0.3, -0.25) is 9.97 Å². The predicted molar refractivity (Wildman–Crippen MR) is 72.4 cm³/mol. The van der Waals surface area contributed by atoms with Gasteiger partial charge >= 0.3 is 0 Å². The fourth-order valence-electron chi connectivity index (χ4n) is 1.80. The Balaban J connectivity index is 2.69. The van der Waals surface area contributed by atoms with Crippen molar-refractivity contribution in [3.05, 3.63) is 45.6 Å². The highest BCUT2D eigenvalue weighted by molar-refractivity contribution is 9.13. The van der Waals surface area contributed by atoms with Gasteiger partial charge in [-0.05, 0) is 44.0 Å². The molecule has 0 radical (unpaired) electrons. The lowest BCUT2D eigenvalue weighted by molar-refractivity contribution is 1.37. The number of pyridine rings is 2. The van der Waals surface area contributed by atoms with Crippen molar-refractivity contribution in [2.24, 2.45) is 0 Å². The molecule has 0 saturated heterocycles. The molecule has 0 N–H and O–H groups in total. The lowest BCUT2D eigenvalue weighted by Crippen LogP contribution is -1.87. The Morgan fingerprint density at radius 2 is 1.19 bits per heavy atom. The molecular formula is C12H6Br2N2. The highest BCUT2D eigenvalue weighted by Gasteiger charge is 2.11. The van der Waals surface area contributed by atoms with Crippen LogP contribution in [-0.2, 0) is 0 Å². The maximum absolute atomic E-state index is 4.39. The topological polar surface area (TPSA) is 25.8 Å². The van der Waals surface area contributed by atoms with Crippen molar-refractivity contribution < 1.29 is 0 Å². The molecule has 3 rings (SSSR count). The molecule has 0 spiro atoms. The first-order valence-corrected chi connectivity index (χ1v) is 6.34. The van der Waals surface area contributed by atoms with Gasteiger partial charge in [0.1, 0.15) is 0 Å². The van der Waals surface area contributed by atoms with Gasteiger partial charge in [-0.1, -0.05) is 12.1 Å². The molecule has 0 unspecified atom stereocenters. The molecule has 78 valence electrons. The van der Waals surface area contributed by atoms with E-state index in [1.54, 1.807) is 12.4 Å². The summed E-state index contributed by atoms with van der Waals surface area (Å²) in [6, 6.07) is 8.00. The van der Waals surface area contributed by atoms with Gasteiger partial charge in [-0.25, -0.2) is 0 Å². The summed E-state index contributed by atoms with van der Waals surface area (Å²) in [6.07, 6.45) is 3.59. The maximum Gasteiger partial charge on any atom is 0.0862 e. The normalized spacial score (nSPS) is 11.1. The minimum atomic E-state index is 0.953. The van der Waals surface area contributed by atoms with Gasteiger partial charge in [0.25, 0.3) is 0 Å². The van der Waals surface area contributed by atoms with E-state index < -0.39 is 0 Å². The zero-order valence-corrected chi connectivity index (χ0v) is 11.3. The highest BCUT2D eigenvalue weighted by Crippen LogP contribution is 2.37. The highest BCUT2D eigenvalue weighted by atomic mass is 79.9. The van der Waals surface area contributed by atoms with E-state index in [9.17, 15) is 0 Å². The van der Waals surface area contributed by atoms with Gasteiger partial charge in [0, 0.05) is 23.2 Å². The fraction of sp³-hybridized carbons (Fsp3) is 0. The monoisotopic (exact) mass is 336 g/mol. The van der Waals surface area contributed by atoms with Crippen LogP contribution in [0.25, 0.3) is 21.8 Å². The van der Waals surface area contributed by atoms with Crippen LogP contribution in [0.4, 0.5) is 0 Å². The summed E-state index contributed by atoms with van der Waals surface area (Å²) < 4.78 is 1.91. The van der Waals surface area contributed by atoms with Crippen LogP contribution < -0.4 is 0 Å². The van der Waals surface area contributed by atoms with Crippen molar-refractivity contribution in [3.63, 3.8) is 0 Å². The summed E-state index contributed by atoms with van der Waals surface area (Å²) in [4.78, 5) is 8.77. The summed E-state index contributed by atoms with van der Waals surface area (Å²) in [5.74, 6) is 0. The second kappa shape index (κ2) is 3.79. The molecule has 2 nitrogen and oxygen atoms in total. The zero-order valence-electron chi connectivity index (χ0n) is 8.11. The average Bonchev–Trinajstić information content (AvgIpc) is 2.36. The molecule has 3 aromatic rings. The number of benzene rings is 1. The third kappa shape index (κ3) is 1.37. The van der Waals surface area contributed by atoms with E-state index in [-0.39, 0.29) is 0 Å². The van der Waals surface area contributed by atoms with Crippen molar-refractivity contribution >= 4 is 53.7 Å². The van der Waals surface area contributed by atoms with Crippen molar-refractivity contribution in [2.75, 3.05) is 0 Å². The Labute approximate surface area is 109 Å². The van der Waals surface area contributed by atoms with Crippen LogP contribution in [0.2, 0.25) is 0 Å². The molecule has 0 bridgehead atoms. The Morgan fingerprint density at radius 1 is 0.750 bits per heavy atom. The van der Waals surface area contributed by atoms with Gasteiger partial charge in [0.05, 0.1) is 20.0 Å². The van der Waals surface area contributed by atoms with Crippen molar-refractivity contribution in [2.45, 2.75) is 0 Å². The smallest absolute Gasteiger partial charge is 0.0862 e. The lowest BCUT2D eigenvalue weighted by Gasteiger charge is -2.07. The number of hydrogen-bond donors (Lipinski definition) is 0. The first-order chi connectivity index (χ1) is 7.79. The van der Waals surface area contributed by atoms with Crippen LogP contribution in [0.15, 0.2) is 45.6 Å². The van der Waals surface area contributed by atoms with Gasteiger partial charge < -0.3 is 0 Å². The first kappa shape index (κ1) is 10.2. The summed E-state index contributed by atoms with van der Waals surface area (Å²) in [5.41, 5.74) is 1.91. The van der Waals surface area contributed by atoms with Crippen LogP contribution >= 0.6 is 31.9 Å². The Hall–Kier alpha value is -1.00. The van der Waals surface area contributed by atoms with Crippen LogP contribution in [0.3, 0.4) is 0 Å². The molecule has 4 heteroatoms. The molecule has 0 aliphatic rings. The summed E-state index contributed by atoms with van der Waals surface area (Å²) in [5, 5.41) is 2.22. The van der Waals surface area contributed by atoms with E-state index in [1.165, 1.54) is 0 Å². The van der Waals surface area contributed by atoms with Gasteiger partial charge in [0.15, 0.2) is 0 Å². The minimum absolute atomic E-state index is 0.953. The van der Waals surface area contributed by atoms with Crippen molar-refractivity contribution in [3.8, 4) is 0 Å². The van der Waals surface area contributed by atoms with E-state index >= 15 is 0 Å². The van der Waals surface area contributed by atoms with E-state index in [2.05, 4.69) is 54.0 Å². The molecule has 16 heavy (non-hydrogen) atoms. The molecule has 2 heterocycles. The number of nitrogens with zero attached hydrogens (tertiary/aromatic N) is 2. The minimum Gasteiger partial charge on any atom is -0.255 e. The van der Waals surface area contributed by atoms with Gasteiger partial charge in [-0.15, -0.1) is 0 Å². The van der Waals surface area contributed by atoms with E-state index in [0.717, 1.165) is 30.8 Å². The number of hydrogen-bond acceptors (Lipinski definition) is 2. The van der Waals surface area contributed by atoms with Crippen LogP contribution in [0, 0.1) is 0 Å². The summed E-state index contributed by atoms with van der Waals surface area (Å²) >= 11 is 7.11. The van der Waals surface area contributed by atoms with Crippen LogP contribution in [-0.4, -0.2) is 9.97 Å². The van der Waals surface area contributed by atoms with Gasteiger partial charge in [0.2, 0.25) is 0 Å². The standard InChI is InChI=1S/C12H6Br2N2/c13-9-10(14)12-8(4-2-6-16-12)7-3-1-5-15-11(7)9/h1-6H. The van der Waals surface area contributed by atoms with Crippen LogP contribution in [0.5, 0.6) is 0 Å². The number of aromatic nitrogens is 2. The average molecular weight is 338 g/mol. The quantitative estimate of drug-likeness (QED) is 0.571. The number of fused-ring (bicyclic) bond motifs is 3. The summed E-state index contributed by atoms with van der Waals surface area (Å²) in [6.45, 7) is 0. The van der Waals surface area contributed by atoms with Crippen molar-refractivity contribution in [1.29, 1.82) is 0 Å². The molecule has 0 saturated carbocycles. The predicted octanol–water partition coefficient (Wildman–Crippen LogP) is 4.31. The first-order valence-electron chi connectivity index (χ1n) is 4.75. The second-order valence-electron chi connectivity index (χ2n) is 3.43. The van der Waals surface area contributed by atoms with Gasteiger partial charge in [-0.2, -0.15) is 0 Å².